The van der Waals surface area contributed by atoms with Gasteiger partial charge in [-0.05, 0) is 64.2 Å². The number of aryl methyl sites for hydroxylation is 3. The summed E-state index contributed by atoms with van der Waals surface area (Å²) in [5.74, 6) is 0.539. The van der Waals surface area contributed by atoms with Crippen molar-refractivity contribution in [3.8, 4) is 10.8 Å². The van der Waals surface area contributed by atoms with Gasteiger partial charge >= 0.3 is 5.69 Å². The Hall–Kier alpha value is -3.66. The molecule has 0 radical (unpaired) electrons. The van der Waals surface area contributed by atoms with E-state index in [0.717, 1.165) is 41.1 Å². The van der Waals surface area contributed by atoms with E-state index in [1.807, 2.05) is 43.5 Å². The number of nitrogens with zero attached hydrogens (tertiary/aromatic N) is 5. The van der Waals surface area contributed by atoms with Crippen molar-refractivity contribution < 1.29 is 9.53 Å². The molecule has 4 aromatic rings. The molecule has 0 bridgehead atoms. The molecule has 1 amide bonds. The Bertz CT molecular complexity index is 1590. The van der Waals surface area contributed by atoms with Crippen LogP contribution in [0.2, 0.25) is 0 Å². The van der Waals surface area contributed by atoms with E-state index < -0.39 is 16.8 Å². The van der Waals surface area contributed by atoms with Crippen LogP contribution >= 0.6 is 11.3 Å². The lowest BCUT2D eigenvalue weighted by molar-refractivity contribution is -0.140. The van der Waals surface area contributed by atoms with E-state index in [1.54, 1.807) is 41.3 Å². The fraction of sp³-hybridized carbons (Fsp3) is 0.429. The Morgan fingerprint density at radius 2 is 1.84 bits per heavy atom. The highest BCUT2D eigenvalue weighted by Gasteiger charge is 2.38. The number of aromatic nitrogens is 4. The molecule has 0 atom stereocenters. The number of hydrogen-bond acceptors (Lipinski definition) is 6. The first-order chi connectivity index (χ1) is 18.3. The second-order valence-corrected chi connectivity index (χ2v) is 11.2. The summed E-state index contributed by atoms with van der Waals surface area (Å²) in [5, 5.41) is 5.57. The maximum atomic E-state index is 14.1. The zero-order chi connectivity index (χ0) is 27.0. The third-order valence-corrected chi connectivity index (χ3v) is 8.73. The summed E-state index contributed by atoms with van der Waals surface area (Å²) < 4.78 is 10.0. The molecule has 38 heavy (non-hydrogen) atoms. The Morgan fingerprint density at radius 3 is 2.53 bits per heavy atom. The van der Waals surface area contributed by atoms with Gasteiger partial charge in [0.05, 0.1) is 12.5 Å². The van der Waals surface area contributed by atoms with Crippen LogP contribution in [0.15, 0.2) is 52.3 Å². The quantitative estimate of drug-likeness (QED) is 0.360. The molecule has 1 aliphatic heterocycles. The van der Waals surface area contributed by atoms with Crippen molar-refractivity contribution in [3.05, 3.63) is 74.7 Å². The summed E-state index contributed by atoms with van der Waals surface area (Å²) >= 11 is 1.36. The molecule has 1 aliphatic rings. The van der Waals surface area contributed by atoms with E-state index >= 15 is 0 Å². The van der Waals surface area contributed by atoms with Crippen LogP contribution in [-0.2, 0) is 23.3 Å². The van der Waals surface area contributed by atoms with Gasteiger partial charge in [0.1, 0.15) is 21.1 Å². The van der Waals surface area contributed by atoms with E-state index in [9.17, 15) is 14.4 Å². The minimum atomic E-state index is -1.34. The summed E-state index contributed by atoms with van der Waals surface area (Å²) in [7, 11) is 1.62. The predicted molar refractivity (Wildman–Crippen MR) is 149 cm³/mol. The van der Waals surface area contributed by atoms with Gasteiger partial charge in [-0.3, -0.25) is 14.2 Å². The highest BCUT2D eigenvalue weighted by molar-refractivity contribution is 7.21. The molecule has 0 spiro atoms. The number of likely N-dealkylation sites (tertiary alicyclic amines) is 1. The first-order valence-corrected chi connectivity index (χ1v) is 13.8. The molecule has 0 aliphatic carbocycles. The van der Waals surface area contributed by atoms with Gasteiger partial charge in [0.15, 0.2) is 0 Å². The number of hydrogen-bond donors (Lipinski definition) is 0. The predicted octanol–water partition coefficient (Wildman–Crippen LogP) is 3.72. The maximum absolute atomic E-state index is 14.1. The molecule has 9 nitrogen and oxygen atoms in total. The summed E-state index contributed by atoms with van der Waals surface area (Å²) in [6, 6.07) is 9.51. The minimum Gasteiger partial charge on any atom is -0.496 e. The lowest BCUT2D eigenvalue weighted by atomic mass is 10.00. The largest absolute Gasteiger partial charge is 0.496 e. The monoisotopic (exact) mass is 535 g/mol. The summed E-state index contributed by atoms with van der Waals surface area (Å²) in [5.41, 5.74) is -0.578. The topological polar surface area (TPSA) is 91.4 Å². The molecule has 4 heterocycles. The Kier molecular flexibility index (Phi) is 7.00. The Balaban J connectivity index is 1.70. The number of carbonyl (C=O) groups is 1. The zero-order valence-corrected chi connectivity index (χ0v) is 23.1. The minimum absolute atomic E-state index is 0.202. The number of amides is 1. The van der Waals surface area contributed by atoms with E-state index in [0.29, 0.717) is 36.3 Å². The van der Waals surface area contributed by atoms with Crippen molar-refractivity contribution in [2.45, 2.75) is 58.5 Å². The summed E-state index contributed by atoms with van der Waals surface area (Å²) in [6.07, 6.45) is 6.95. The normalized spacial score (nSPS) is 14.3. The molecule has 0 N–H and O–H groups in total. The molecular formula is C28H33N5O4S. The van der Waals surface area contributed by atoms with Crippen molar-refractivity contribution in [2.75, 3.05) is 20.2 Å². The number of methoxy groups -OCH3 is 1. The molecule has 10 heteroatoms. The molecule has 5 rings (SSSR count). The highest BCUT2D eigenvalue weighted by atomic mass is 32.1. The first kappa shape index (κ1) is 26.0. The molecule has 3 aromatic heterocycles. The van der Waals surface area contributed by atoms with Gasteiger partial charge in [0.25, 0.3) is 5.56 Å². The average molecular weight is 536 g/mol. The Labute approximate surface area is 224 Å². The fourth-order valence-electron chi connectivity index (χ4n) is 5.35. The van der Waals surface area contributed by atoms with Gasteiger partial charge in [0.2, 0.25) is 5.91 Å². The number of benzene rings is 1. The van der Waals surface area contributed by atoms with Crippen LogP contribution in [0.1, 0.15) is 44.2 Å². The maximum Gasteiger partial charge on any atom is 0.333 e. The lowest BCUT2D eigenvalue weighted by Crippen LogP contribution is -2.57. The van der Waals surface area contributed by atoms with Gasteiger partial charge in [-0.1, -0.05) is 29.5 Å². The molecule has 0 saturated carbocycles. The van der Waals surface area contributed by atoms with Crippen LogP contribution in [0, 0.1) is 6.92 Å². The van der Waals surface area contributed by atoms with Gasteiger partial charge in [-0.25, -0.2) is 14.0 Å². The lowest BCUT2D eigenvalue weighted by Gasteiger charge is -2.35. The van der Waals surface area contributed by atoms with Gasteiger partial charge in [-0.2, -0.15) is 5.10 Å². The third kappa shape index (κ3) is 4.36. The van der Waals surface area contributed by atoms with Gasteiger partial charge < -0.3 is 9.64 Å². The fourth-order valence-corrected chi connectivity index (χ4v) is 6.62. The van der Waals surface area contributed by atoms with Crippen LogP contribution in [-0.4, -0.2) is 49.9 Å². The smallest absolute Gasteiger partial charge is 0.333 e. The standard InChI is InChI=1S/C28H33N5O4S/c1-19-22-23(34)33(28(2,3)26(35)30-15-8-5-9-16-30)27(36)31(18-13-20-11-6-7-12-21(20)37-4)25(22)38-24(19)32-17-10-14-29-32/h6-7,10-12,14,17H,5,8-9,13,15-16,18H2,1-4H3. The van der Waals surface area contributed by atoms with Gasteiger partial charge in [-0.15, -0.1) is 0 Å². The number of rotatable bonds is 7. The number of ether oxygens (including phenoxy) is 1. The molecule has 1 saturated heterocycles. The highest BCUT2D eigenvalue weighted by Crippen LogP contribution is 2.32. The summed E-state index contributed by atoms with van der Waals surface area (Å²) in [6.45, 7) is 6.83. The van der Waals surface area contributed by atoms with Crippen LogP contribution in [0.25, 0.3) is 15.2 Å². The second-order valence-electron chi connectivity index (χ2n) is 10.2. The zero-order valence-electron chi connectivity index (χ0n) is 22.3. The second kappa shape index (κ2) is 10.2. The molecule has 200 valence electrons. The number of carbonyl (C=O) groups excluding carboxylic acids is 1. The van der Waals surface area contributed by atoms with Crippen molar-refractivity contribution >= 4 is 27.5 Å². The van der Waals surface area contributed by atoms with Gasteiger partial charge in [0, 0.05) is 37.6 Å². The third-order valence-electron chi connectivity index (χ3n) is 7.42. The SMILES string of the molecule is COc1ccccc1CCn1c(=O)n(C(C)(C)C(=O)N2CCCCC2)c(=O)c2c(C)c(-n3cccn3)sc21. The average Bonchev–Trinajstić information content (AvgIpc) is 3.57. The summed E-state index contributed by atoms with van der Waals surface area (Å²) in [4.78, 5) is 44.2. The molecule has 1 aromatic carbocycles. The molecule has 0 unspecified atom stereocenters. The first-order valence-electron chi connectivity index (χ1n) is 13.0. The number of para-hydroxylation sites is 1. The number of fused-ring (bicyclic) bond motifs is 1. The van der Waals surface area contributed by atoms with Crippen LogP contribution in [0.5, 0.6) is 5.75 Å². The Morgan fingerprint density at radius 1 is 1.11 bits per heavy atom. The van der Waals surface area contributed by atoms with E-state index in [-0.39, 0.29) is 5.91 Å². The molecular weight excluding hydrogens is 502 g/mol. The van der Waals surface area contributed by atoms with Crippen LogP contribution < -0.4 is 16.0 Å². The van der Waals surface area contributed by atoms with Crippen molar-refractivity contribution in [1.29, 1.82) is 0 Å². The molecule has 1 fully saturated rings. The van der Waals surface area contributed by atoms with E-state index in [4.69, 9.17) is 4.74 Å². The number of piperidine rings is 1. The van der Waals surface area contributed by atoms with Crippen LogP contribution in [0.4, 0.5) is 0 Å². The van der Waals surface area contributed by atoms with Crippen molar-refractivity contribution in [1.82, 2.24) is 23.8 Å². The van der Waals surface area contributed by atoms with Crippen molar-refractivity contribution in [3.63, 3.8) is 0 Å². The number of thiophene rings is 1. The van der Waals surface area contributed by atoms with Crippen LogP contribution in [0.3, 0.4) is 0 Å². The van der Waals surface area contributed by atoms with E-state index in [1.165, 1.54) is 15.9 Å². The van der Waals surface area contributed by atoms with E-state index in [2.05, 4.69) is 5.10 Å². The van der Waals surface area contributed by atoms with Crippen molar-refractivity contribution in [2.24, 2.45) is 0 Å².